The van der Waals surface area contributed by atoms with E-state index < -0.39 is 0 Å². The molecule has 0 spiro atoms. The minimum atomic E-state index is 0.665. The average Bonchev–Trinajstić information content (AvgIpc) is 2.77. The fourth-order valence-electron chi connectivity index (χ4n) is 2.39. The van der Waals surface area contributed by atoms with Crippen LogP contribution in [0.2, 0.25) is 0 Å². The highest BCUT2D eigenvalue weighted by molar-refractivity contribution is 5.31. The van der Waals surface area contributed by atoms with E-state index in [9.17, 15) is 0 Å². The Kier molecular flexibility index (Phi) is 4.06. The van der Waals surface area contributed by atoms with Crippen molar-refractivity contribution < 1.29 is 4.74 Å². The quantitative estimate of drug-likeness (QED) is 0.792. The van der Waals surface area contributed by atoms with Gasteiger partial charge in [-0.05, 0) is 45.4 Å². The molecule has 94 valence electrons. The normalized spacial score (nSPS) is 21.1. The van der Waals surface area contributed by atoms with Gasteiger partial charge < -0.3 is 9.64 Å². The molecule has 0 saturated carbocycles. The summed E-state index contributed by atoms with van der Waals surface area (Å²) in [5, 5.41) is 0. The molecule has 0 amide bonds. The van der Waals surface area contributed by atoms with E-state index in [0.29, 0.717) is 12.0 Å². The molecule has 1 saturated heterocycles. The third-order valence-electron chi connectivity index (χ3n) is 3.62. The molecule has 0 aromatic heterocycles. The lowest BCUT2D eigenvalue weighted by atomic mass is 10.1. The number of ether oxygens (including phenoxy) is 1. The van der Waals surface area contributed by atoms with Crippen molar-refractivity contribution in [3.05, 3.63) is 29.8 Å². The summed E-state index contributed by atoms with van der Waals surface area (Å²) in [5.74, 6) is 1.73. The Bertz CT molecular complexity index is 362. The number of hydrogen-bond acceptors (Lipinski definition) is 2. The van der Waals surface area contributed by atoms with E-state index in [2.05, 4.69) is 43.9 Å². The van der Waals surface area contributed by atoms with Gasteiger partial charge in [0.15, 0.2) is 0 Å². The SMILES string of the molecule is Cc1ccccc1OCC1CCN(C(C)C)C1. The summed E-state index contributed by atoms with van der Waals surface area (Å²) in [6.07, 6.45) is 1.27. The van der Waals surface area contributed by atoms with Crippen molar-refractivity contribution >= 4 is 0 Å². The number of nitrogens with zero attached hydrogens (tertiary/aromatic N) is 1. The van der Waals surface area contributed by atoms with Crippen molar-refractivity contribution in [3.63, 3.8) is 0 Å². The topological polar surface area (TPSA) is 12.5 Å². The van der Waals surface area contributed by atoms with Crippen LogP contribution >= 0.6 is 0 Å². The highest BCUT2D eigenvalue weighted by Gasteiger charge is 2.24. The average molecular weight is 233 g/mol. The Hall–Kier alpha value is -1.02. The smallest absolute Gasteiger partial charge is 0.122 e. The molecule has 1 fully saturated rings. The number of benzene rings is 1. The molecule has 0 N–H and O–H groups in total. The highest BCUT2D eigenvalue weighted by atomic mass is 16.5. The van der Waals surface area contributed by atoms with Gasteiger partial charge in [-0.3, -0.25) is 0 Å². The summed E-state index contributed by atoms with van der Waals surface area (Å²) in [4.78, 5) is 2.53. The molecule has 17 heavy (non-hydrogen) atoms. The lowest BCUT2D eigenvalue weighted by Gasteiger charge is -2.20. The predicted molar refractivity (Wildman–Crippen MR) is 71.5 cm³/mol. The molecular weight excluding hydrogens is 210 g/mol. The van der Waals surface area contributed by atoms with Gasteiger partial charge in [0.25, 0.3) is 0 Å². The molecule has 2 heteroatoms. The Morgan fingerprint density at radius 1 is 1.35 bits per heavy atom. The number of hydrogen-bond donors (Lipinski definition) is 0. The van der Waals surface area contributed by atoms with E-state index in [1.54, 1.807) is 0 Å². The minimum Gasteiger partial charge on any atom is -0.493 e. The van der Waals surface area contributed by atoms with E-state index in [1.165, 1.54) is 25.1 Å². The third kappa shape index (κ3) is 3.22. The van der Waals surface area contributed by atoms with Crippen LogP contribution < -0.4 is 4.74 Å². The number of aryl methyl sites for hydroxylation is 1. The minimum absolute atomic E-state index is 0.665. The molecule has 1 aliphatic heterocycles. The first-order chi connectivity index (χ1) is 8.16. The van der Waals surface area contributed by atoms with Gasteiger partial charge in [-0.25, -0.2) is 0 Å². The zero-order chi connectivity index (χ0) is 12.3. The van der Waals surface area contributed by atoms with Crippen LogP contribution in [0.4, 0.5) is 0 Å². The van der Waals surface area contributed by atoms with Gasteiger partial charge >= 0.3 is 0 Å². The second kappa shape index (κ2) is 5.54. The molecule has 1 aromatic carbocycles. The predicted octanol–water partition coefficient (Wildman–Crippen LogP) is 3.10. The van der Waals surface area contributed by atoms with Gasteiger partial charge in [0, 0.05) is 18.5 Å². The van der Waals surface area contributed by atoms with Gasteiger partial charge in [0.05, 0.1) is 6.61 Å². The summed E-state index contributed by atoms with van der Waals surface area (Å²) in [6, 6.07) is 8.92. The van der Waals surface area contributed by atoms with Crippen molar-refractivity contribution in [1.29, 1.82) is 0 Å². The van der Waals surface area contributed by atoms with Crippen LogP contribution in [0.1, 0.15) is 25.8 Å². The summed E-state index contributed by atoms with van der Waals surface area (Å²) < 4.78 is 5.92. The maximum Gasteiger partial charge on any atom is 0.122 e. The van der Waals surface area contributed by atoms with Gasteiger partial charge in [-0.1, -0.05) is 18.2 Å². The van der Waals surface area contributed by atoms with Crippen LogP contribution in [0, 0.1) is 12.8 Å². The van der Waals surface area contributed by atoms with Crippen LogP contribution in [0.15, 0.2) is 24.3 Å². The van der Waals surface area contributed by atoms with Crippen molar-refractivity contribution in [2.45, 2.75) is 33.2 Å². The van der Waals surface area contributed by atoms with Crippen LogP contribution in [0.25, 0.3) is 0 Å². The largest absolute Gasteiger partial charge is 0.493 e. The molecule has 0 bridgehead atoms. The standard InChI is InChI=1S/C15H23NO/c1-12(2)16-9-8-14(10-16)11-17-15-7-5-4-6-13(15)3/h4-7,12,14H,8-11H2,1-3H3. The molecular formula is C15H23NO. The molecule has 1 aliphatic rings. The molecule has 1 aromatic rings. The fourth-order valence-corrected chi connectivity index (χ4v) is 2.39. The van der Waals surface area contributed by atoms with Crippen LogP contribution in [0.5, 0.6) is 5.75 Å². The molecule has 0 aliphatic carbocycles. The first-order valence-corrected chi connectivity index (χ1v) is 6.59. The van der Waals surface area contributed by atoms with E-state index in [0.717, 1.165) is 12.4 Å². The first-order valence-electron chi connectivity index (χ1n) is 6.59. The first kappa shape index (κ1) is 12.4. The Morgan fingerprint density at radius 3 is 2.76 bits per heavy atom. The molecule has 1 atom stereocenters. The Morgan fingerprint density at radius 2 is 2.12 bits per heavy atom. The van der Waals surface area contributed by atoms with Crippen LogP contribution in [-0.4, -0.2) is 30.6 Å². The monoisotopic (exact) mass is 233 g/mol. The molecule has 0 radical (unpaired) electrons. The second-order valence-electron chi connectivity index (χ2n) is 5.32. The molecule has 1 heterocycles. The van der Waals surface area contributed by atoms with Gasteiger partial charge in [0.2, 0.25) is 0 Å². The summed E-state index contributed by atoms with van der Waals surface area (Å²) >= 11 is 0. The maximum absolute atomic E-state index is 5.92. The van der Waals surface area contributed by atoms with Crippen LogP contribution in [0.3, 0.4) is 0 Å². The second-order valence-corrected chi connectivity index (χ2v) is 5.32. The van der Waals surface area contributed by atoms with Gasteiger partial charge in [-0.15, -0.1) is 0 Å². The number of likely N-dealkylation sites (tertiary alicyclic amines) is 1. The maximum atomic E-state index is 5.92. The van der Waals surface area contributed by atoms with Gasteiger partial charge in [0.1, 0.15) is 5.75 Å². The zero-order valence-corrected chi connectivity index (χ0v) is 11.1. The highest BCUT2D eigenvalue weighted by Crippen LogP contribution is 2.22. The number of para-hydroxylation sites is 1. The van der Waals surface area contributed by atoms with Crippen molar-refractivity contribution in [2.24, 2.45) is 5.92 Å². The van der Waals surface area contributed by atoms with Crippen molar-refractivity contribution in [1.82, 2.24) is 4.90 Å². The van der Waals surface area contributed by atoms with Crippen molar-refractivity contribution in [3.8, 4) is 5.75 Å². The zero-order valence-electron chi connectivity index (χ0n) is 11.1. The van der Waals surface area contributed by atoms with E-state index in [-0.39, 0.29) is 0 Å². The van der Waals surface area contributed by atoms with E-state index in [4.69, 9.17) is 4.74 Å². The van der Waals surface area contributed by atoms with E-state index >= 15 is 0 Å². The third-order valence-corrected chi connectivity index (χ3v) is 3.62. The lowest BCUT2D eigenvalue weighted by molar-refractivity contribution is 0.222. The molecule has 2 nitrogen and oxygen atoms in total. The van der Waals surface area contributed by atoms with Crippen LogP contribution in [-0.2, 0) is 0 Å². The Balaban J connectivity index is 1.82. The molecule has 2 rings (SSSR count). The van der Waals surface area contributed by atoms with E-state index in [1.807, 2.05) is 6.07 Å². The lowest BCUT2D eigenvalue weighted by Crippen LogP contribution is -2.29. The summed E-state index contributed by atoms with van der Waals surface area (Å²) in [6.45, 7) is 9.90. The Labute approximate surface area is 105 Å². The van der Waals surface area contributed by atoms with Crippen molar-refractivity contribution in [2.75, 3.05) is 19.7 Å². The fraction of sp³-hybridized carbons (Fsp3) is 0.600. The summed E-state index contributed by atoms with van der Waals surface area (Å²) in [7, 11) is 0. The van der Waals surface area contributed by atoms with Gasteiger partial charge in [-0.2, -0.15) is 0 Å². The molecule has 1 unspecified atom stereocenters. The number of rotatable bonds is 4. The summed E-state index contributed by atoms with van der Waals surface area (Å²) in [5.41, 5.74) is 1.23.